The number of hydrogen-bond donors (Lipinski definition) is 2. The van der Waals surface area contributed by atoms with Crippen LogP contribution in [0.15, 0.2) is 23.6 Å². The summed E-state index contributed by atoms with van der Waals surface area (Å²) in [7, 11) is 0. The Balaban J connectivity index is 1.78. The highest BCUT2D eigenvalue weighted by atomic mass is 32.1. The summed E-state index contributed by atoms with van der Waals surface area (Å²) in [5, 5.41) is 13.7. The molecule has 1 aliphatic rings. The lowest BCUT2D eigenvalue weighted by Crippen LogP contribution is -2.34. The fourth-order valence-electron chi connectivity index (χ4n) is 2.74. The van der Waals surface area contributed by atoms with Gasteiger partial charge in [-0.1, -0.05) is 17.7 Å². The van der Waals surface area contributed by atoms with Crippen LogP contribution in [0.25, 0.3) is 0 Å². The molecule has 0 aliphatic carbocycles. The summed E-state index contributed by atoms with van der Waals surface area (Å²) in [6.45, 7) is 3.92. The van der Waals surface area contributed by atoms with E-state index in [0.29, 0.717) is 5.69 Å². The maximum absolute atomic E-state index is 12.6. The Labute approximate surface area is 148 Å². The molecule has 1 aliphatic heterocycles. The summed E-state index contributed by atoms with van der Waals surface area (Å²) in [5.74, 6) is -1.73. The van der Waals surface area contributed by atoms with Gasteiger partial charge in [-0.3, -0.25) is 14.4 Å². The molecule has 1 aromatic heterocycles. The SMILES string of the molecule is Cc1ccc(NC2CC(=O)N(c3nc(CC(=O)O)cs3)C2=O)c(C)c1. The number of nitrogens with one attached hydrogen (secondary N) is 1. The third-order valence-corrected chi connectivity index (χ3v) is 4.80. The van der Waals surface area contributed by atoms with Crippen molar-refractivity contribution in [2.24, 2.45) is 0 Å². The number of carboxylic acids is 1. The molecule has 1 unspecified atom stereocenters. The van der Waals surface area contributed by atoms with Crippen molar-refractivity contribution in [3.8, 4) is 0 Å². The second kappa shape index (κ2) is 6.64. The first-order valence-corrected chi connectivity index (χ1v) is 8.60. The van der Waals surface area contributed by atoms with E-state index < -0.39 is 12.0 Å². The molecule has 2 heterocycles. The molecule has 2 N–H and O–H groups in total. The highest BCUT2D eigenvalue weighted by molar-refractivity contribution is 7.14. The highest BCUT2D eigenvalue weighted by Gasteiger charge is 2.41. The molecule has 1 aromatic carbocycles. The molecular weight excluding hydrogens is 342 g/mol. The van der Waals surface area contributed by atoms with E-state index in [1.165, 1.54) is 0 Å². The average Bonchev–Trinajstić information content (AvgIpc) is 3.06. The van der Waals surface area contributed by atoms with E-state index in [9.17, 15) is 14.4 Å². The molecule has 25 heavy (non-hydrogen) atoms. The predicted molar refractivity (Wildman–Crippen MR) is 93.9 cm³/mol. The smallest absolute Gasteiger partial charge is 0.309 e. The molecule has 2 aromatic rings. The zero-order valence-electron chi connectivity index (χ0n) is 13.8. The molecule has 0 radical (unpaired) electrons. The van der Waals surface area contributed by atoms with Crippen LogP contribution < -0.4 is 10.2 Å². The van der Waals surface area contributed by atoms with Crippen LogP contribution in [-0.4, -0.2) is 33.9 Å². The Morgan fingerprint density at radius 2 is 2.16 bits per heavy atom. The van der Waals surface area contributed by atoms with Crippen LogP contribution >= 0.6 is 11.3 Å². The maximum Gasteiger partial charge on any atom is 0.309 e. The molecule has 130 valence electrons. The van der Waals surface area contributed by atoms with Gasteiger partial charge in [0.25, 0.3) is 5.91 Å². The van der Waals surface area contributed by atoms with Crippen molar-refractivity contribution in [1.29, 1.82) is 0 Å². The van der Waals surface area contributed by atoms with Crippen LogP contribution in [-0.2, 0) is 20.8 Å². The first-order valence-electron chi connectivity index (χ1n) is 7.72. The van der Waals surface area contributed by atoms with Crippen LogP contribution in [0.2, 0.25) is 0 Å². The van der Waals surface area contributed by atoms with Crippen LogP contribution in [0.4, 0.5) is 10.8 Å². The molecule has 1 atom stereocenters. The van der Waals surface area contributed by atoms with Gasteiger partial charge in [0, 0.05) is 11.1 Å². The number of hydrogen-bond acceptors (Lipinski definition) is 6. The second-order valence-corrected chi connectivity index (χ2v) is 6.82. The highest BCUT2D eigenvalue weighted by Crippen LogP contribution is 2.28. The molecule has 0 saturated carbocycles. The second-order valence-electron chi connectivity index (χ2n) is 5.98. The number of aliphatic carboxylic acids is 1. The van der Waals surface area contributed by atoms with E-state index >= 15 is 0 Å². The number of amides is 2. The van der Waals surface area contributed by atoms with Gasteiger partial charge in [-0.2, -0.15) is 0 Å². The Morgan fingerprint density at radius 3 is 2.84 bits per heavy atom. The predicted octanol–water partition coefficient (Wildman–Crippen LogP) is 2.13. The van der Waals surface area contributed by atoms with Crippen molar-refractivity contribution in [1.82, 2.24) is 4.98 Å². The number of benzene rings is 1. The minimum Gasteiger partial charge on any atom is -0.481 e. The van der Waals surface area contributed by atoms with Crippen LogP contribution in [0.3, 0.4) is 0 Å². The fourth-order valence-corrected chi connectivity index (χ4v) is 3.59. The summed E-state index contributed by atoms with van der Waals surface area (Å²) < 4.78 is 0. The summed E-state index contributed by atoms with van der Waals surface area (Å²) >= 11 is 1.09. The zero-order valence-corrected chi connectivity index (χ0v) is 14.6. The minimum absolute atomic E-state index is 0.0417. The van der Waals surface area contributed by atoms with Crippen molar-refractivity contribution in [3.63, 3.8) is 0 Å². The maximum atomic E-state index is 12.6. The van der Waals surface area contributed by atoms with Crippen LogP contribution in [0, 0.1) is 13.8 Å². The third kappa shape index (κ3) is 3.53. The topological polar surface area (TPSA) is 99.6 Å². The molecule has 2 amide bonds. The third-order valence-electron chi connectivity index (χ3n) is 3.92. The van der Waals surface area contributed by atoms with Crippen molar-refractivity contribution in [2.75, 3.05) is 10.2 Å². The van der Waals surface area contributed by atoms with Crippen LogP contribution in [0.1, 0.15) is 23.2 Å². The Bertz CT molecular complexity index is 861. The molecule has 1 saturated heterocycles. The number of nitrogens with zero attached hydrogens (tertiary/aromatic N) is 2. The summed E-state index contributed by atoms with van der Waals surface area (Å²) in [5.41, 5.74) is 3.26. The largest absolute Gasteiger partial charge is 0.481 e. The number of aromatic nitrogens is 1. The van der Waals surface area contributed by atoms with Gasteiger partial charge in [0.05, 0.1) is 18.5 Å². The molecule has 0 bridgehead atoms. The minimum atomic E-state index is -1.01. The number of imide groups is 1. The summed E-state index contributed by atoms with van der Waals surface area (Å²) in [4.78, 5) is 40.8. The number of carbonyl (C=O) groups is 3. The number of anilines is 2. The number of rotatable bonds is 5. The first-order chi connectivity index (χ1) is 11.8. The number of carboxylic acid groups (broad SMARTS) is 1. The van der Waals surface area contributed by atoms with E-state index in [0.717, 1.165) is 33.1 Å². The Kier molecular flexibility index (Phi) is 4.54. The summed E-state index contributed by atoms with van der Waals surface area (Å²) in [6, 6.07) is 5.17. The van der Waals surface area contributed by atoms with Gasteiger partial charge >= 0.3 is 5.97 Å². The quantitative estimate of drug-likeness (QED) is 0.794. The standard InChI is InChI=1S/C17H17N3O4S/c1-9-3-4-12(10(2)5-9)19-13-7-14(21)20(16(13)24)17-18-11(8-25-17)6-15(22)23/h3-5,8,13,19H,6-7H2,1-2H3,(H,22,23). The lowest BCUT2D eigenvalue weighted by Gasteiger charge is -2.15. The fraction of sp³-hybridized carbons (Fsp3) is 0.294. The van der Waals surface area contributed by atoms with Gasteiger partial charge in [0.15, 0.2) is 5.13 Å². The summed E-state index contributed by atoms with van der Waals surface area (Å²) in [6.07, 6.45) is -0.197. The van der Waals surface area contributed by atoms with E-state index in [-0.39, 0.29) is 29.8 Å². The average molecular weight is 359 g/mol. The number of carbonyl (C=O) groups excluding carboxylic acids is 2. The molecule has 1 fully saturated rings. The molecular formula is C17H17N3O4S. The Hall–Kier alpha value is -2.74. The van der Waals surface area contributed by atoms with Gasteiger partial charge in [0.1, 0.15) is 6.04 Å². The lowest BCUT2D eigenvalue weighted by molar-refractivity contribution is -0.136. The number of thiazole rings is 1. The molecule has 7 nitrogen and oxygen atoms in total. The first kappa shape index (κ1) is 17.1. The van der Waals surface area contributed by atoms with Gasteiger partial charge < -0.3 is 10.4 Å². The zero-order chi connectivity index (χ0) is 18.1. The number of aryl methyl sites for hydroxylation is 2. The Morgan fingerprint density at radius 1 is 1.40 bits per heavy atom. The normalized spacial score (nSPS) is 17.2. The monoisotopic (exact) mass is 359 g/mol. The van der Waals surface area contributed by atoms with Gasteiger partial charge in [0.2, 0.25) is 5.91 Å². The van der Waals surface area contributed by atoms with Gasteiger partial charge in [-0.15, -0.1) is 11.3 Å². The van der Waals surface area contributed by atoms with Gasteiger partial charge in [-0.05, 0) is 25.5 Å². The van der Waals surface area contributed by atoms with E-state index in [4.69, 9.17) is 5.11 Å². The molecule has 0 spiro atoms. The molecule has 3 rings (SSSR count). The van der Waals surface area contributed by atoms with E-state index in [1.54, 1.807) is 5.38 Å². The van der Waals surface area contributed by atoms with Crippen molar-refractivity contribution in [2.45, 2.75) is 32.7 Å². The van der Waals surface area contributed by atoms with Crippen LogP contribution in [0.5, 0.6) is 0 Å². The van der Waals surface area contributed by atoms with Crippen molar-refractivity contribution >= 4 is 39.9 Å². The van der Waals surface area contributed by atoms with Crippen molar-refractivity contribution < 1.29 is 19.5 Å². The van der Waals surface area contributed by atoms with Gasteiger partial charge in [-0.25, -0.2) is 9.88 Å². The van der Waals surface area contributed by atoms with E-state index in [2.05, 4.69) is 10.3 Å². The lowest BCUT2D eigenvalue weighted by atomic mass is 10.1. The van der Waals surface area contributed by atoms with E-state index in [1.807, 2.05) is 32.0 Å². The molecule has 8 heteroatoms. The van der Waals surface area contributed by atoms with Crippen molar-refractivity contribution in [3.05, 3.63) is 40.4 Å².